The number of fused-ring (bicyclic) bond motifs is 12. The molecule has 4 N–H and O–H groups in total. The van der Waals surface area contributed by atoms with Crippen LogP contribution in [0.15, 0.2) is 46.8 Å². The van der Waals surface area contributed by atoms with Crippen LogP contribution in [0, 0.1) is 119 Å². The van der Waals surface area contributed by atoms with Gasteiger partial charge in [0.05, 0.1) is 41.8 Å². The van der Waals surface area contributed by atoms with Crippen molar-refractivity contribution in [3.63, 3.8) is 0 Å². The SMILES string of the molecule is CC[C@H](CC[C@@]1(C)[C@H](C)CC[C@]2(C)[C@@H]1CC[C@@H]1C3=C(C(C)C)C(=O)C[C@]3(Cc3nnc(-c4ncc(F)cn4)n3CCNC)CC[C@]12C)OC(=O)CC(C)(Cc1nc(-c2nnc(C[C@@]34CC[C@]5(C)[C@H](CC[C@@H]6[C@@]7(C)CC[C@H](OC(=O)CC(C)(C)C(=O)O)C(C)(C)[C@@H]7CC[C@]65C)C3=C(C(C)C)C(=O)C4)n2CCNC)ccc1F)C(=O)O. The van der Waals surface area contributed by atoms with E-state index in [0.717, 1.165) is 119 Å². The summed E-state index contributed by atoms with van der Waals surface area (Å²) in [5, 5.41) is 46.7. The van der Waals surface area contributed by atoms with E-state index in [1.807, 2.05) is 30.2 Å². The Morgan fingerprint density at radius 1 is 0.632 bits per heavy atom. The zero-order valence-electron chi connectivity index (χ0n) is 71.8. The number of hydrogen-bond acceptors (Lipinski definition) is 17. The average molecular weight is 1580 g/mol. The van der Waals surface area contributed by atoms with Crippen molar-refractivity contribution in [3.05, 3.63) is 75.8 Å². The van der Waals surface area contributed by atoms with Crippen molar-refractivity contribution in [3.8, 4) is 23.2 Å². The molecule has 13 rings (SSSR count). The van der Waals surface area contributed by atoms with Gasteiger partial charge in [0, 0.05) is 74.5 Å². The zero-order chi connectivity index (χ0) is 82.8. The first-order valence-corrected chi connectivity index (χ1v) is 43.2. The number of carbonyl (C=O) groups excluding carboxylic acids is 4. The summed E-state index contributed by atoms with van der Waals surface area (Å²) in [6.07, 6.45) is 17.1. The van der Waals surface area contributed by atoms with Crippen LogP contribution in [0.1, 0.15) is 270 Å². The molecule has 7 saturated carbocycles. The number of nitrogens with one attached hydrogen (secondary N) is 2. The molecule has 4 heterocycles. The Kier molecular flexibility index (Phi) is 22.9. The molecule has 0 aromatic carbocycles. The third-order valence-electron chi connectivity index (χ3n) is 33.4. The van der Waals surface area contributed by atoms with E-state index in [1.165, 1.54) is 24.1 Å². The predicted molar refractivity (Wildman–Crippen MR) is 430 cm³/mol. The average Bonchev–Trinajstić information content (AvgIpc) is 1.17. The molecule has 4 aromatic rings. The van der Waals surface area contributed by atoms with Gasteiger partial charge in [-0.2, -0.15) is 0 Å². The summed E-state index contributed by atoms with van der Waals surface area (Å²) in [6.45, 7) is 39.3. The van der Waals surface area contributed by atoms with E-state index in [9.17, 15) is 43.4 Å². The Balaban J connectivity index is 0.699. The number of rotatable bonds is 28. The number of aromatic nitrogens is 9. The van der Waals surface area contributed by atoms with Gasteiger partial charge in [0.15, 0.2) is 29.0 Å². The molecule has 0 amide bonds. The normalized spacial score (nSPS) is 33.9. The van der Waals surface area contributed by atoms with Crippen molar-refractivity contribution in [1.29, 1.82) is 0 Å². The highest BCUT2D eigenvalue weighted by Gasteiger charge is 2.72. The molecular weight excluding hydrogens is 1450 g/mol. The van der Waals surface area contributed by atoms with Crippen LogP contribution in [0.2, 0.25) is 0 Å². The summed E-state index contributed by atoms with van der Waals surface area (Å²) < 4.78 is 47.4. The lowest BCUT2D eigenvalue weighted by Gasteiger charge is -2.72. The molecular formula is C91H131F2N11O10. The maximum absolute atomic E-state index is 16.5. The van der Waals surface area contributed by atoms with Crippen molar-refractivity contribution >= 4 is 35.4 Å². The highest BCUT2D eigenvalue weighted by Crippen LogP contribution is 2.79. The largest absolute Gasteiger partial charge is 0.481 e. The summed E-state index contributed by atoms with van der Waals surface area (Å²) in [5.41, 5.74) is -0.216. The van der Waals surface area contributed by atoms with Crippen molar-refractivity contribution < 1.29 is 57.2 Å². The standard InChI is InChI=1S/C91H131F2N11O10/c1-20-56(28-31-84(12)54(6)27-33-88(16)65(84)25-21-57-74-72(52(2)3)63(106)45-91(74,37-35-86(57,88)14)47-69-100-102-78(104(69)42-40-95-19)76-96-50-55(92)51-97-76)113-71(108)49-83(11,80(111)112)43-61-59(93)23-24-60(98-61)77-101-99-68(103(77)41-39-94-18)46-90-38-36-87(15)58(75(90)73(53(4)5)62(105)44-90)22-26-66-85(13)32-30-67(114-70(107)48-81(7,8)79(109)110)82(9,10)64(85)29-34-89(66,87)17/h23-24,50-54,56-58,64-67,94-95H,20-22,25-49H2,1-19H3,(H,109,110)(H,111,112)/t54-,56-,57-,58-,64+,65-,66-,67+,83?,84+,85+,86-,87-,88-,89-,90+,91+/m1/s1. The second kappa shape index (κ2) is 30.7. The second-order valence-corrected chi connectivity index (χ2v) is 40.9. The summed E-state index contributed by atoms with van der Waals surface area (Å²) in [7, 11) is 3.77. The molecule has 4 aromatic heterocycles. The minimum atomic E-state index is -1.81. The molecule has 0 aliphatic heterocycles. The van der Waals surface area contributed by atoms with Crippen LogP contribution >= 0.6 is 0 Å². The van der Waals surface area contributed by atoms with Gasteiger partial charge in [-0.3, -0.25) is 28.8 Å². The van der Waals surface area contributed by atoms with Gasteiger partial charge in [0.1, 0.15) is 35.4 Å². The van der Waals surface area contributed by atoms with Gasteiger partial charge in [-0.15, -0.1) is 20.4 Å². The van der Waals surface area contributed by atoms with Crippen molar-refractivity contribution in [2.24, 2.45) is 107 Å². The van der Waals surface area contributed by atoms with Crippen molar-refractivity contribution in [2.45, 2.75) is 297 Å². The molecule has 17 atom stereocenters. The minimum Gasteiger partial charge on any atom is -0.481 e. The van der Waals surface area contributed by atoms with Gasteiger partial charge in [0.2, 0.25) is 5.82 Å². The molecule has 1 unspecified atom stereocenters. The Morgan fingerprint density at radius 2 is 1.17 bits per heavy atom. The molecule has 0 bridgehead atoms. The number of esters is 2. The van der Waals surface area contributed by atoms with Gasteiger partial charge in [-0.25, -0.2) is 23.7 Å². The number of aliphatic carboxylic acids is 2. The number of nitrogens with zero attached hydrogens (tertiary/aromatic N) is 9. The van der Waals surface area contributed by atoms with Gasteiger partial charge >= 0.3 is 23.9 Å². The first-order chi connectivity index (χ1) is 53.5. The lowest BCUT2D eigenvalue weighted by atomic mass is 9.33. The molecule has 0 saturated heterocycles. The lowest BCUT2D eigenvalue weighted by Crippen LogP contribution is -2.65. The van der Waals surface area contributed by atoms with Gasteiger partial charge in [-0.1, -0.05) is 108 Å². The summed E-state index contributed by atoms with van der Waals surface area (Å²) in [4.78, 5) is 96.7. The summed E-state index contributed by atoms with van der Waals surface area (Å²) in [5.74, 6) is 0.0868. The van der Waals surface area contributed by atoms with Crippen LogP contribution in [0.25, 0.3) is 23.2 Å². The number of carboxylic acid groups (broad SMARTS) is 2. The molecule has 7 fully saturated rings. The molecule has 114 heavy (non-hydrogen) atoms. The molecule has 21 nitrogen and oxygen atoms in total. The van der Waals surface area contributed by atoms with E-state index in [2.05, 4.69) is 116 Å². The number of ether oxygens (including phenoxy) is 2. The lowest BCUT2D eigenvalue weighted by molar-refractivity contribution is -0.233. The van der Waals surface area contributed by atoms with E-state index in [4.69, 9.17) is 29.8 Å². The number of allylic oxidation sites excluding steroid dienone is 4. The van der Waals surface area contributed by atoms with Crippen molar-refractivity contribution in [2.75, 3.05) is 27.2 Å². The van der Waals surface area contributed by atoms with E-state index < -0.39 is 76.1 Å². The second-order valence-electron chi connectivity index (χ2n) is 40.9. The molecule has 624 valence electrons. The zero-order valence-corrected chi connectivity index (χ0v) is 71.8. The smallest absolute Gasteiger partial charge is 0.310 e. The molecule has 23 heteroatoms. The number of pyridine rings is 1. The molecule has 0 radical (unpaired) electrons. The van der Waals surface area contributed by atoms with Crippen LogP contribution in [-0.2, 0) is 70.6 Å². The number of likely N-dealkylation sites (N-methyl/N-ethyl adjacent to an activating group) is 2. The van der Waals surface area contributed by atoms with Gasteiger partial charge in [0.25, 0.3) is 0 Å². The highest BCUT2D eigenvalue weighted by molar-refractivity contribution is 6.01. The number of hydrogen-bond donors (Lipinski definition) is 4. The van der Waals surface area contributed by atoms with E-state index in [1.54, 1.807) is 19.9 Å². The quantitative estimate of drug-likeness (QED) is 0.0384. The fourth-order valence-electron chi connectivity index (χ4n) is 26.6. The van der Waals surface area contributed by atoms with Gasteiger partial charge in [-0.05, 0) is 247 Å². The maximum atomic E-state index is 16.5. The monoisotopic (exact) mass is 1580 g/mol. The van der Waals surface area contributed by atoms with Crippen LogP contribution < -0.4 is 10.6 Å². The highest BCUT2D eigenvalue weighted by atomic mass is 19.1. The fourth-order valence-corrected chi connectivity index (χ4v) is 26.6. The summed E-state index contributed by atoms with van der Waals surface area (Å²) in [6, 6.07) is 2.85. The van der Waals surface area contributed by atoms with Crippen molar-refractivity contribution in [1.82, 2.24) is 55.1 Å². The predicted octanol–water partition coefficient (Wildman–Crippen LogP) is 16.6. The van der Waals surface area contributed by atoms with Crippen LogP contribution in [0.4, 0.5) is 8.78 Å². The Bertz CT molecular complexity index is 4470. The number of halogens is 2. The first-order valence-electron chi connectivity index (χ1n) is 43.2. The van der Waals surface area contributed by atoms with E-state index >= 15 is 4.39 Å². The number of carbonyl (C=O) groups is 6. The summed E-state index contributed by atoms with van der Waals surface area (Å²) >= 11 is 0. The topological polar surface area (TPSA) is 285 Å². The number of ketones is 2. The molecule has 0 spiro atoms. The Labute approximate surface area is 674 Å². The van der Waals surface area contributed by atoms with E-state index in [0.29, 0.717) is 118 Å². The molecule has 9 aliphatic carbocycles. The third-order valence-corrected chi connectivity index (χ3v) is 33.4. The van der Waals surface area contributed by atoms with Crippen LogP contribution in [0.5, 0.6) is 0 Å². The Morgan fingerprint density at radius 3 is 1.70 bits per heavy atom. The van der Waals surface area contributed by atoms with Gasteiger partial charge < -0.3 is 39.5 Å². The Hall–Kier alpha value is -7.01. The molecule has 9 aliphatic rings. The first kappa shape index (κ1) is 84.9. The number of Topliss-reactive ketones (excluding diaryl/α,β-unsaturated/α-hetero) is 2. The minimum absolute atomic E-state index is 0.00108. The number of carboxylic acids is 2. The third kappa shape index (κ3) is 14.0. The maximum Gasteiger partial charge on any atom is 0.310 e. The van der Waals surface area contributed by atoms with Crippen LogP contribution in [0.3, 0.4) is 0 Å². The van der Waals surface area contributed by atoms with E-state index in [-0.39, 0.29) is 97.3 Å². The van der Waals surface area contributed by atoms with Crippen LogP contribution in [-0.4, -0.2) is 130 Å². The fraction of sp³-hybridized carbons (Fsp3) is 0.747.